The first-order valence-corrected chi connectivity index (χ1v) is 7.51. The van der Waals surface area contributed by atoms with Gasteiger partial charge in [-0.15, -0.1) is 0 Å². The van der Waals surface area contributed by atoms with Crippen LogP contribution in [-0.4, -0.2) is 19.0 Å². The van der Waals surface area contributed by atoms with E-state index in [-0.39, 0.29) is 5.91 Å². The smallest absolute Gasteiger partial charge is 0.220 e. The largest absolute Gasteiger partial charge is 0.356 e. The summed E-state index contributed by atoms with van der Waals surface area (Å²) in [4.78, 5) is 11.8. The number of hydrogen-bond donors (Lipinski definition) is 2. The van der Waals surface area contributed by atoms with Crippen LogP contribution in [0, 0.1) is 17.3 Å². The molecular weight excluding hydrogens is 224 g/mol. The second-order valence-corrected chi connectivity index (χ2v) is 6.18. The first-order chi connectivity index (χ1) is 8.54. The van der Waals surface area contributed by atoms with Crippen LogP contribution in [0.4, 0.5) is 0 Å². The average molecular weight is 254 g/mol. The topological polar surface area (TPSA) is 55.1 Å². The lowest BCUT2D eigenvalue weighted by molar-refractivity contribution is -0.121. The highest BCUT2D eigenvalue weighted by Crippen LogP contribution is 2.51. The van der Waals surface area contributed by atoms with Crippen molar-refractivity contribution in [2.24, 2.45) is 23.0 Å². The minimum Gasteiger partial charge on any atom is -0.356 e. The van der Waals surface area contributed by atoms with Crippen LogP contribution in [0.3, 0.4) is 0 Å². The van der Waals surface area contributed by atoms with Gasteiger partial charge in [0.15, 0.2) is 0 Å². The molecule has 0 heterocycles. The van der Waals surface area contributed by atoms with Crippen LogP contribution in [-0.2, 0) is 4.79 Å². The van der Waals surface area contributed by atoms with Crippen molar-refractivity contribution in [3.8, 4) is 0 Å². The van der Waals surface area contributed by atoms with Gasteiger partial charge in [-0.05, 0) is 49.5 Å². The molecule has 1 atom stereocenters. The summed E-state index contributed by atoms with van der Waals surface area (Å²) in [6.07, 6.45) is 6.35. The molecule has 1 saturated carbocycles. The number of carbonyl (C=O) groups is 1. The highest BCUT2D eigenvalue weighted by molar-refractivity contribution is 5.75. The molecule has 1 unspecified atom stereocenters. The van der Waals surface area contributed by atoms with E-state index in [9.17, 15) is 4.79 Å². The van der Waals surface area contributed by atoms with Gasteiger partial charge in [-0.25, -0.2) is 0 Å². The van der Waals surface area contributed by atoms with E-state index in [1.54, 1.807) is 0 Å². The Morgan fingerprint density at radius 2 is 2.00 bits per heavy atom. The minimum absolute atomic E-state index is 0.220. The van der Waals surface area contributed by atoms with Crippen molar-refractivity contribution < 1.29 is 4.79 Å². The van der Waals surface area contributed by atoms with Crippen LogP contribution in [0.25, 0.3) is 0 Å². The summed E-state index contributed by atoms with van der Waals surface area (Å²) in [7, 11) is 0. The van der Waals surface area contributed by atoms with E-state index in [0.717, 1.165) is 32.4 Å². The summed E-state index contributed by atoms with van der Waals surface area (Å²) in [5.74, 6) is 1.51. The predicted molar refractivity (Wildman–Crippen MR) is 76.2 cm³/mol. The minimum atomic E-state index is 0.220. The zero-order valence-corrected chi connectivity index (χ0v) is 12.3. The van der Waals surface area contributed by atoms with Crippen LogP contribution < -0.4 is 11.1 Å². The first kappa shape index (κ1) is 15.5. The lowest BCUT2D eigenvalue weighted by Gasteiger charge is -2.20. The van der Waals surface area contributed by atoms with Gasteiger partial charge in [-0.2, -0.15) is 0 Å². The summed E-state index contributed by atoms with van der Waals surface area (Å²) in [6.45, 7) is 8.30. The van der Waals surface area contributed by atoms with Gasteiger partial charge >= 0.3 is 0 Å². The molecule has 0 aromatic heterocycles. The van der Waals surface area contributed by atoms with Gasteiger partial charge in [0, 0.05) is 13.0 Å². The molecule has 0 spiro atoms. The Kier molecular flexibility index (Phi) is 6.13. The second kappa shape index (κ2) is 7.13. The van der Waals surface area contributed by atoms with Crippen molar-refractivity contribution in [1.82, 2.24) is 5.32 Å². The number of rotatable bonds is 9. The molecule has 1 aliphatic carbocycles. The maximum Gasteiger partial charge on any atom is 0.220 e. The highest BCUT2D eigenvalue weighted by Gasteiger charge is 2.45. The second-order valence-electron chi connectivity index (χ2n) is 6.18. The van der Waals surface area contributed by atoms with E-state index in [2.05, 4.69) is 26.1 Å². The lowest BCUT2D eigenvalue weighted by Crippen LogP contribution is -2.32. The maximum atomic E-state index is 11.8. The summed E-state index contributed by atoms with van der Waals surface area (Å²) in [5.41, 5.74) is 5.98. The fraction of sp³-hybridized carbons (Fsp3) is 0.933. The molecular formula is C15H30N2O. The van der Waals surface area contributed by atoms with Gasteiger partial charge in [-0.1, -0.05) is 27.2 Å². The van der Waals surface area contributed by atoms with E-state index >= 15 is 0 Å². The van der Waals surface area contributed by atoms with Crippen molar-refractivity contribution in [3.63, 3.8) is 0 Å². The summed E-state index contributed by atoms with van der Waals surface area (Å²) >= 11 is 0. The van der Waals surface area contributed by atoms with Gasteiger partial charge in [0.1, 0.15) is 0 Å². The van der Waals surface area contributed by atoms with Crippen molar-refractivity contribution in [2.45, 2.75) is 59.3 Å². The number of nitrogens with one attached hydrogen (secondary N) is 1. The van der Waals surface area contributed by atoms with Gasteiger partial charge in [0.25, 0.3) is 0 Å². The SMILES string of the molecule is CCC(CCN)CCC(=O)NCC1(C(C)C)CC1. The number of nitrogens with two attached hydrogens (primary N) is 1. The van der Waals surface area contributed by atoms with Crippen LogP contribution in [0.1, 0.15) is 59.3 Å². The Morgan fingerprint density at radius 3 is 2.44 bits per heavy atom. The maximum absolute atomic E-state index is 11.8. The van der Waals surface area contributed by atoms with Crippen LogP contribution >= 0.6 is 0 Å². The van der Waals surface area contributed by atoms with Gasteiger partial charge in [0.2, 0.25) is 5.91 Å². The van der Waals surface area contributed by atoms with Gasteiger partial charge < -0.3 is 11.1 Å². The molecule has 1 aliphatic rings. The molecule has 0 aliphatic heterocycles. The monoisotopic (exact) mass is 254 g/mol. The fourth-order valence-electron chi connectivity index (χ4n) is 2.61. The van der Waals surface area contributed by atoms with Crippen LogP contribution in [0.5, 0.6) is 0 Å². The van der Waals surface area contributed by atoms with Crippen molar-refractivity contribution >= 4 is 5.91 Å². The third-order valence-electron chi connectivity index (χ3n) is 4.69. The Labute approximate surface area is 112 Å². The van der Waals surface area contributed by atoms with Crippen molar-refractivity contribution in [2.75, 3.05) is 13.1 Å². The molecule has 0 aromatic rings. The van der Waals surface area contributed by atoms with E-state index in [0.29, 0.717) is 23.7 Å². The highest BCUT2D eigenvalue weighted by atomic mass is 16.1. The zero-order valence-electron chi connectivity index (χ0n) is 12.3. The first-order valence-electron chi connectivity index (χ1n) is 7.51. The predicted octanol–water partition coefficient (Wildman–Crippen LogP) is 2.69. The quantitative estimate of drug-likeness (QED) is 0.664. The van der Waals surface area contributed by atoms with Crippen LogP contribution in [0.2, 0.25) is 0 Å². The Bertz CT molecular complexity index is 259. The molecule has 0 saturated heterocycles. The average Bonchev–Trinajstić information content (AvgIpc) is 3.13. The summed E-state index contributed by atoms with van der Waals surface area (Å²) < 4.78 is 0. The van der Waals surface area contributed by atoms with Gasteiger partial charge in [-0.3, -0.25) is 4.79 Å². The molecule has 3 heteroatoms. The third kappa shape index (κ3) is 4.60. The Balaban J connectivity index is 2.18. The standard InChI is InChI=1S/C15H30N2O/c1-4-13(7-10-16)5-6-14(18)17-11-15(8-9-15)12(2)3/h12-13H,4-11,16H2,1-3H3,(H,17,18). The van der Waals surface area contributed by atoms with Crippen molar-refractivity contribution in [1.29, 1.82) is 0 Å². The Morgan fingerprint density at radius 1 is 1.33 bits per heavy atom. The molecule has 1 rings (SSSR count). The Hall–Kier alpha value is -0.570. The fourth-order valence-corrected chi connectivity index (χ4v) is 2.61. The number of hydrogen-bond acceptors (Lipinski definition) is 2. The normalized spacial score (nSPS) is 18.7. The third-order valence-corrected chi connectivity index (χ3v) is 4.69. The molecule has 18 heavy (non-hydrogen) atoms. The molecule has 0 aromatic carbocycles. The zero-order chi connectivity index (χ0) is 13.6. The molecule has 3 N–H and O–H groups in total. The molecule has 0 radical (unpaired) electrons. The molecule has 3 nitrogen and oxygen atoms in total. The number of carbonyl (C=O) groups excluding carboxylic acids is 1. The molecule has 106 valence electrons. The molecule has 1 fully saturated rings. The van der Waals surface area contributed by atoms with Gasteiger partial charge in [0.05, 0.1) is 0 Å². The molecule has 0 bridgehead atoms. The lowest BCUT2D eigenvalue weighted by atomic mass is 9.92. The van der Waals surface area contributed by atoms with E-state index in [1.165, 1.54) is 12.8 Å². The van der Waals surface area contributed by atoms with Crippen molar-refractivity contribution in [3.05, 3.63) is 0 Å². The van der Waals surface area contributed by atoms with Crippen LogP contribution in [0.15, 0.2) is 0 Å². The number of amides is 1. The summed E-state index contributed by atoms with van der Waals surface area (Å²) in [5, 5.41) is 3.12. The van der Waals surface area contributed by atoms with E-state index in [4.69, 9.17) is 5.73 Å². The molecule has 1 amide bonds. The van der Waals surface area contributed by atoms with E-state index < -0.39 is 0 Å². The summed E-state index contributed by atoms with van der Waals surface area (Å²) in [6, 6.07) is 0. The van der Waals surface area contributed by atoms with E-state index in [1.807, 2.05) is 0 Å².